The average molecular weight is 346 g/mol. The third kappa shape index (κ3) is 2.33. The SMILES string of the molecule is O=C(OI)C(O)(c1ccccc1)C1CCCC1. The van der Waals surface area contributed by atoms with Crippen LogP contribution in [0.3, 0.4) is 0 Å². The highest BCUT2D eigenvalue weighted by molar-refractivity contribution is 14.1. The Morgan fingerprint density at radius 1 is 1.29 bits per heavy atom. The molecule has 1 aromatic rings. The highest BCUT2D eigenvalue weighted by Gasteiger charge is 2.47. The van der Waals surface area contributed by atoms with Gasteiger partial charge in [-0.15, -0.1) is 0 Å². The van der Waals surface area contributed by atoms with Crippen molar-refractivity contribution in [1.29, 1.82) is 0 Å². The molecule has 17 heavy (non-hydrogen) atoms. The molecule has 1 aliphatic rings. The van der Waals surface area contributed by atoms with Gasteiger partial charge in [0.15, 0.2) is 28.6 Å². The smallest absolute Gasteiger partial charge is 0.352 e. The first-order chi connectivity index (χ1) is 8.19. The maximum absolute atomic E-state index is 11.9. The van der Waals surface area contributed by atoms with E-state index < -0.39 is 11.6 Å². The van der Waals surface area contributed by atoms with E-state index in [1.807, 2.05) is 18.2 Å². The van der Waals surface area contributed by atoms with Crippen molar-refractivity contribution in [3.63, 3.8) is 0 Å². The van der Waals surface area contributed by atoms with Crippen LogP contribution in [-0.2, 0) is 13.5 Å². The van der Waals surface area contributed by atoms with E-state index in [9.17, 15) is 9.90 Å². The fourth-order valence-electron chi connectivity index (χ4n) is 2.61. The predicted molar refractivity (Wildman–Crippen MR) is 72.4 cm³/mol. The van der Waals surface area contributed by atoms with E-state index in [-0.39, 0.29) is 5.92 Å². The molecule has 0 radical (unpaired) electrons. The van der Waals surface area contributed by atoms with E-state index in [1.54, 1.807) is 35.1 Å². The summed E-state index contributed by atoms with van der Waals surface area (Å²) in [5, 5.41) is 10.8. The van der Waals surface area contributed by atoms with Gasteiger partial charge in [0.05, 0.1) is 0 Å². The molecule has 0 bridgehead atoms. The van der Waals surface area contributed by atoms with E-state index in [0.717, 1.165) is 25.7 Å². The number of carbonyl (C=O) groups is 1. The lowest BCUT2D eigenvalue weighted by Gasteiger charge is -2.31. The second kappa shape index (κ2) is 5.35. The van der Waals surface area contributed by atoms with Gasteiger partial charge in [0.25, 0.3) is 0 Å². The Balaban J connectivity index is 2.39. The number of benzene rings is 1. The summed E-state index contributed by atoms with van der Waals surface area (Å²) in [7, 11) is 0. The van der Waals surface area contributed by atoms with Crippen molar-refractivity contribution in [3.8, 4) is 0 Å². The predicted octanol–water partition coefficient (Wildman–Crippen LogP) is 2.96. The van der Waals surface area contributed by atoms with Gasteiger partial charge in [0, 0.05) is 5.92 Å². The molecule has 2 rings (SSSR count). The summed E-state index contributed by atoms with van der Waals surface area (Å²) in [5.41, 5.74) is -0.854. The van der Waals surface area contributed by atoms with Crippen LogP contribution in [0.15, 0.2) is 30.3 Å². The number of carbonyl (C=O) groups excluding carboxylic acids is 1. The zero-order valence-electron chi connectivity index (χ0n) is 9.43. The van der Waals surface area contributed by atoms with Crippen LogP contribution in [0.5, 0.6) is 0 Å². The highest BCUT2D eigenvalue weighted by Crippen LogP contribution is 2.41. The standard InChI is InChI=1S/C13H15IO3/c14-17-12(15)13(16,11-8-4-5-9-11)10-6-2-1-3-7-10/h1-3,6-7,11,16H,4-5,8-9H2. The van der Waals surface area contributed by atoms with Gasteiger partial charge in [-0.05, 0) is 18.4 Å². The lowest BCUT2D eigenvalue weighted by atomic mass is 9.80. The van der Waals surface area contributed by atoms with Crippen LogP contribution in [0.4, 0.5) is 0 Å². The molecule has 0 heterocycles. The Labute approximate surface area is 115 Å². The van der Waals surface area contributed by atoms with Crippen LogP contribution < -0.4 is 0 Å². The van der Waals surface area contributed by atoms with Crippen molar-refractivity contribution < 1.29 is 13.0 Å². The van der Waals surface area contributed by atoms with Gasteiger partial charge in [-0.1, -0.05) is 43.2 Å². The van der Waals surface area contributed by atoms with Crippen molar-refractivity contribution in [2.45, 2.75) is 31.3 Å². The molecule has 1 aliphatic carbocycles. The van der Waals surface area contributed by atoms with Crippen LogP contribution >= 0.6 is 23.0 Å². The van der Waals surface area contributed by atoms with Crippen LogP contribution in [0.2, 0.25) is 0 Å². The first-order valence-electron chi connectivity index (χ1n) is 5.80. The molecule has 0 saturated heterocycles. The second-order valence-electron chi connectivity index (χ2n) is 4.48. The molecule has 3 nitrogen and oxygen atoms in total. The van der Waals surface area contributed by atoms with Gasteiger partial charge in [0.2, 0.25) is 0 Å². The van der Waals surface area contributed by atoms with Crippen LogP contribution in [-0.4, -0.2) is 11.1 Å². The molecular formula is C13H15IO3. The lowest BCUT2D eigenvalue weighted by molar-refractivity contribution is -0.159. The first-order valence-corrected chi connectivity index (χ1v) is 6.68. The zero-order chi connectivity index (χ0) is 12.3. The second-order valence-corrected chi connectivity index (χ2v) is 4.92. The topological polar surface area (TPSA) is 46.5 Å². The Morgan fingerprint density at radius 2 is 1.88 bits per heavy atom. The molecule has 0 spiro atoms. The molecular weight excluding hydrogens is 331 g/mol. The number of hydrogen-bond donors (Lipinski definition) is 1. The number of hydrogen-bond acceptors (Lipinski definition) is 3. The van der Waals surface area contributed by atoms with Gasteiger partial charge >= 0.3 is 5.97 Å². The van der Waals surface area contributed by atoms with Gasteiger partial charge in [-0.25, -0.2) is 4.79 Å². The molecule has 4 heteroatoms. The van der Waals surface area contributed by atoms with Crippen molar-refractivity contribution >= 4 is 29.0 Å². The summed E-state index contributed by atoms with van der Waals surface area (Å²) in [5.74, 6) is -0.594. The van der Waals surface area contributed by atoms with Crippen molar-refractivity contribution in [3.05, 3.63) is 35.9 Å². The molecule has 0 amide bonds. The van der Waals surface area contributed by atoms with Gasteiger partial charge in [0.1, 0.15) is 0 Å². The van der Waals surface area contributed by atoms with E-state index in [2.05, 4.69) is 0 Å². The first kappa shape index (κ1) is 12.8. The summed E-state index contributed by atoms with van der Waals surface area (Å²) in [6, 6.07) is 9.09. The van der Waals surface area contributed by atoms with Crippen LogP contribution in [0.25, 0.3) is 0 Å². The minimum atomic E-state index is -1.49. The summed E-state index contributed by atoms with van der Waals surface area (Å²) >= 11 is 1.54. The third-order valence-corrected chi connectivity index (χ3v) is 3.94. The normalized spacial score (nSPS) is 19.9. The zero-order valence-corrected chi connectivity index (χ0v) is 11.6. The molecule has 1 aromatic carbocycles. The van der Waals surface area contributed by atoms with Gasteiger partial charge < -0.3 is 8.17 Å². The average Bonchev–Trinajstić information content (AvgIpc) is 2.92. The number of rotatable bonds is 3. The van der Waals surface area contributed by atoms with E-state index in [1.165, 1.54) is 0 Å². The molecule has 1 saturated carbocycles. The Hall–Kier alpha value is -0.620. The molecule has 92 valence electrons. The van der Waals surface area contributed by atoms with Crippen LogP contribution in [0, 0.1) is 5.92 Å². The molecule has 0 aliphatic heterocycles. The molecule has 1 fully saturated rings. The summed E-state index contributed by atoms with van der Waals surface area (Å²) < 4.78 is 4.76. The Bertz CT molecular complexity index is 387. The molecule has 1 unspecified atom stereocenters. The minimum Gasteiger partial charge on any atom is -0.392 e. The van der Waals surface area contributed by atoms with Crippen molar-refractivity contribution in [2.24, 2.45) is 5.92 Å². The largest absolute Gasteiger partial charge is 0.392 e. The fourth-order valence-corrected chi connectivity index (χ4v) is 2.95. The fraction of sp³-hybridized carbons (Fsp3) is 0.462. The van der Waals surface area contributed by atoms with Gasteiger partial charge in [-0.3, -0.25) is 0 Å². The third-order valence-electron chi connectivity index (χ3n) is 3.54. The quantitative estimate of drug-likeness (QED) is 0.856. The van der Waals surface area contributed by atoms with Crippen molar-refractivity contribution in [1.82, 2.24) is 0 Å². The van der Waals surface area contributed by atoms with Crippen LogP contribution in [0.1, 0.15) is 31.2 Å². The van der Waals surface area contributed by atoms with Gasteiger partial charge in [-0.2, -0.15) is 0 Å². The molecule has 0 aromatic heterocycles. The maximum atomic E-state index is 11.9. The Kier molecular flexibility index (Phi) is 4.04. The van der Waals surface area contributed by atoms with E-state index >= 15 is 0 Å². The number of aliphatic hydroxyl groups is 1. The maximum Gasteiger partial charge on any atom is 0.352 e. The van der Waals surface area contributed by atoms with E-state index in [4.69, 9.17) is 3.07 Å². The monoisotopic (exact) mass is 346 g/mol. The summed E-state index contributed by atoms with van der Waals surface area (Å²) in [6.07, 6.45) is 3.87. The molecule has 1 N–H and O–H groups in total. The summed E-state index contributed by atoms with van der Waals surface area (Å²) in [4.78, 5) is 11.9. The Morgan fingerprint density at radius 3 is 2.41 bits per heavy atom. The minimum absolute atomic E-state index is 0.0350. The molecule has 1 atom stereocenters. The lowest BCUT2D eigenvalue weighted by Crippen LogP contribution is -2.42. The van der Waals surface area contributed by atoms with Crippen molar-refractivity contribution in [2.75, 3.05) is 0 Å². The highest BCUT2D eigenvalue weighted by atomic mass is 127. The van der Waals surface area contributed by atoms with E-state index in [0.29, 0.717) is 5.56 Å². The number of halogens is 1. The summed E-state index contributed by atoms with van der Waals surface area (Å²) in [6.45, 7) is 0.